The summed E-state index contributed by atoms with van der Waals surface area (Å²) in [7, 11) is 0. The number of primary amides is 1. The number of carbonyl (C=O) groups is 1. The van der Waals surface area contributed by atoms with Gasteiger partial charge in [-0.2, -0.15) is 13.2 Å². The van der Waals surface area contributed by atoms with Gasteiger partial charge in [-0.1, -0.05) is 0 Å². The van der Waals surface area contributed by atoms with Crippen LogP contribution in [0.5, 0.6) is 5.75 Å². The van der Waals surface area contributed by atoms with Crippen LogP contribution in [-0.4, -0.2) is 29.6 Å². The third kappa shape index (κ3) is 2.97. The van der Waals surface area contributed by atoms with E-state index in [1.165, 1.54) is 17.0 Å². The van der Waals surface area contributed by atoms with Gasteiger partial charge in [0.25, 0.3) is 0 Å². The van der Waals surface area contributed by atoms with Crippen molar-refractivity contribution < 1.29 is 22.7 Å². The third-order valence-corrected chi connectivity index (χ3v) is 3.44. The van der Waals surface area contributed by atoms with E-state index in [0.717, 1.165) is 12.1 Å². The number of hydrogen-bond donors (Lipinski definition) is 1. The molecule has 2 N–H and O–H groups in total. The predicted molar refractivity (Wildman–Crippen MR) is 66.2 cm³/mol. The van der Waals surface area contributed by atoms with Crippen molar-refractivity contribution in [3.05, 3.63) is 29.8 Å². The van der Waals surface area contributed by atoms with E-state index in [1.807, 2.05) is 0 Å². The maximum atomic E-state index is 12.4. The first-order valence-electron chi connectivity index (χ1n) is 6.19. The number of likely N-dealkylation sites (tertiary alicyclic amines) is 1. The van der Waals surface area contributed by atoms with Crippen molar-refractivity contribution in [3.8, 4) is 5.75 Å². The Balaban J connectivity index is 2.03. The minimum Gasteiger partial charge on any atom is -0.488 e. The Labute approximate surface area is 114 Å². The zero-order valence-corrected chi connectivity index (χ0v) is 10.9. The van der Waals surface area contributed by atoms with E-state index in [4.69, 9.17) is 10.5 Å². The van der Waals surface area contributed by atoms with Crippen LogP contribution in [0.15, 0.2) is 24.3 Å². The van der Waals surface area contributed by atoms with Gasteiger partial charge >= 0.3 is 12.2 Å². The number of amides is 2. The summed E-state index contributed by atoms with van der Waals surface area (Å²) in [5.41, 5.74) is 4.50. The SMILES string of the molecule is CC1C(Oc2ccc(C(F)(F)F)cc2)CCN1C(N)=O. The average Bonchev–Trinajstić information content (AvgIpc) is 2.71. The molecule has 4 nitrogen and oxygen atoms in total. The molecule has 0 saturated carbocycles. The van der Waals surface area contributed by atoms with Crippen LogP contribution in [0.4, 0.5) is 18.0 Å². The first kappa shape index (κ1) is 14.5. The van der Waals surface area contributed by atoms with Crippen molar-refractivity contribution >= 4 is 6.03 Å². The number of nitrogens with zero attached hydrogens (tertiary/aromatic N) is 1. The number of ether oxygens (including phenoxy) is 1. The minimum atomic E-state index is -4.36. The lowest BCUT2D eigenvalue weighted by molar-refractivity contribution is -0.137. The van der Waals surface area contributed by atoms with Gasteiger partial charge in [0.15, 0.2) is 0 Å². The molecule has 1 saturated heterocycles. The van der Waals surface area contributed by atoms with Crippen molar-refractivity contribution in [3.63, 3.8) is 0 Å². The Kier molecular flexibility index (Phi) is 3.78. The molecule has 110 valence electrons. The molecule has 2 rings (SSSR count). The van der Waals surface area contributed by atoms with Crippen molar-refractivity contribution in [2.45, 2.75) is 31.7 Å². The Morgan fingerprint density at radius 2 is 1.95 bits per heavy atom. The molecule has 7 heteroatoms. The molecule has 1 heterocycles. The largest absolute Gasteiger partial charge is 0.488 e. The second-order valence-corrected chi connectivity index (χ2v) is 4.74. The highest BCUT2D eigenvalue weighted by molar-refractivity contribution is 5.72. The first-order valence-corrected chi connectivity index (χ1v) is 6.19. The molecule has 2 unspecified atom stereocenters. The van der Waals surface area contributed by atoms with Crippen LogP contribution in [0.1, 0.15) is 18.9 Å². The topological polar surface area (TPSA) is 55.6 Å². The highest BCUT2D eigenvalue weighted by atomic mass is 19.4. The number of hydrogen-bond acceptors (Lipinski definition) is 2. The molecule has 2 atom stereocenters. The fraction of sp³-hybridized carbons (Fsp3) is 0.462. The molecule has 0 aromatic heterocycles. The molecule has 1 aromatic carbocycles. The van der Waals surface area contributed by atoms with Crippen LogP contribution in [0, 0.1) is 0 Å². The van der Waals surface area contributed by atoms with Gasteiger partial charge in [0, 0.05) is 13.0 Å². The molecule has 0 radical (unpaired) electrons. The summed E-state index contributed by atoms with van der Waals surface area (Å²) in [6, 6.07) is 3.79. The molecular weight excluding hydrogens is 273 g/mol. The van der Waals surface area contributed by atoms with E-state index in [-0.39, 0.29) is 12.1 Å². The van der Waals surface area contributed by atoms with Crippen molar-refractivity contribution in [2.75, 3.05) is 6.54 Å². The smallest absolute Gasteiger partial charge is 0.416 e. The zero-order valence-electron chi connectivity index (χ0n) is 10.9. The van der Waals surface area contributed by atoms with Crippen molar-refractivity contribution in [1.29, 1.82) is 0 Å². The standard InChI is InChI=1S/C13H15F3N2O2/c1-8-11(6-7-18(8)12(17)19)20-10-4-2-9(3-5-10)13(14,15)16/h2-5,8,11H,6-7H2,1H3,(H2,17,19). The molecule has 0 aliphatic carbocycles. The molecule has 0 bridgehead atoms. The molecule has 1 aliphatic heterocycles. The second-order valence-electron chi connectivity index (χ2n) is 4.74. The Hall–Kier alpha value is -1.92. The summed E-state index contributed by atoms with van der Waals surface area (Å²) in [5.74, 6) is 0.348. The van der Waals surface area contributed by atoms with Gasteiger partial charge in [0.1, 0.15) is 11.9 Å². The van der Waals surface area contributed by atoms with Gasteiger partial charge in [0.05, 0.1) is 11.6 Å². The van der Waals surface area contributed by atoms with Crippen molar-refractivity contribution in [1.82, 2.24) is 4.90 Å². The maximum absolute atomic E-state index is 12.4. The van der Waals surface area contributed by atoms with Crippen LogP contribution in [0.25, 0.3) is 0 Å². The van der Waals surface area contributed by atoms with E-state index in [1.54, 1.807) is 6.92 Å². The van der Waals surface area contributed by atoms with E-state index >= 15 is 0 Å². The number of nitrogens with two attached hydrogens (primary N) is 1. The van der Waals surface area contributed by atoms with E-state index in [9.17, 15) is 18.0 Å². The maximum Gasteiger partial charge on any atom is 0.416 e. The van der Waals surface area contributed by atoms with Gasteiger partial charge in [-0.3, -0.25) is 0 Å². The van der Waals surface area contributed by atoms with E-state index < -0.39 is 17.8 Å². The molecule has 20 heavy (non-hydrogen) atoms. The molecule has 1 fully saturated rings. The van der Waals surface area contributed by atoms with Crippen LogP contribution in [0.3, 0.4) is 0 Å². The Bertz CT molecular complexity index is 487. The van der Waals surface area contributed by atoms with Gasteiger partial charge in [-0.05, 0) is 31.2 Å². The molecule has 1 aromatic rings. The Morgan fingerprint density at radius 1 is 1.35 bits per heavy atom. The lowest BCUT2D eigenvalue weighted by Crippen LogP contribution is -2.42. The van der Waals surface area contributed by atoms with Crippen LogP contribution < -0.4 is 10.5 Å². The van der Waals surface area contributed by atoms with Gasteiger partial charge in [-0.15, -0.1) is 0 Å². The van der Waals surface area contributed by atoms with Crippen LogP contribution >= 0.6 is 0 Å². The van der Waals surface area contributed by atoms with Gasteiger partial charge in [-0.25, -0.2) is 4.79 Å². The van der Waals surface area contributed by atoms with Crippen LogP contribution in [0.2, 0.25) is 0 Å². The number of carbonyl (C=O) groups excluding carboxylic acids is 1. The summed E-state index contributed by atoms with van der Waals surface area (Å²) >= 11 is 0. The lowest BCUT2D eigenvalue weighted by Gasteiger charge is -2.23. The number of halogens is 3. The fourth-order valence-electron chi connectivity index (χ4n) is 2.28. The minimum absolute atomic E-state index is 0.199. The zero-order chi connectivity index (χ0) is 14.9. The summed E-state index contributed by atoms with van der Waals surface area (Å²) in [6.07, 6.45) is -4.02. The number of alkyl halides is 3. The monoisotopic (exact) mass is 288 g/mol. The van der Waals surface area contributed by atoms with Gasteiger partial charge in [0.2, 0.25) is 0 Å². The first-order chi connectivity index (χ1) is 9.29. The van der Waals surface area contributed by atoms with Crippen molar-refractivity contribution in [2.24, 2.45) is 5.73 Å². The van der Waals surface area contributed by atoms with E-state index in [0.29, 0.717) is 18.7 Å². The summed E-state index contributed by atoms with van der Waals surface area (Å²) in [6.45, 7) is 2.29. The number of benzene rings is 1. The van der Waals surface area contributed by atoms with Gasteiger partial charge < -0.3 is 15.4 Å². The highest BCUT2D eigenvalue weighted by Gasteiger charge is 2.34. The van der Waals surface area contributed by atoms with Crippen LogP contribution in [-0.2, 0) is 6.18 Å². The second kappa shape index (κ2) is 5.22. The molecule has 0 spiro atoms. The fourth-order valence-corrected chi connectivity index (χ4v) is 2.28. The van der Waals surface area contributed by atoms with E-state index in [2.05, 4.69) is 0 Å². The number of rotatable bonds is 2. The summed E-state index contributed by atoms with van der Waals surface area (Å²) < 4.78 is 42.9. The molecular formula is C13H15F3N2O2. The normalized spacial score (nSPS) is 22.9. The summed E-state index contributed by atoms with van der Waals surface area (Å²) in [5, 5.41) is 0. The molecule has 1 aliphatic rings. The quantitative estimate of drug-likeness (QED) is 0.909. The lowest BCUT2D eigenvalue weighted by atomic mass is 10.2. The highest BCUT2D eigenvalue weighted by Crippen LogP contribution is 2.31. The predicted octanol–water partition coefficient (Wildman–Crippen LogP) is 2.63. The average molecular weight is 288 g/mol. The Morgan fingerprint density at radius 3 is 2.40 bits per heavy atom. The third-order valence-electron chi connectivity index (χ3n) is 3.44. The molecule has 2 amide bonds. The summed E-state index contributed by atoms with van der Waals surface area (Å²) in [4.78, 5) is 12.6. The number of urea groups is 1.